The Morgan fingerprint density at radius 2 is 1.81 bits per heavy atom. The molecule has 1 rings (SSSR count). The minimum absolute atomic E-state index is 0.0879. The quantitative estimate of drug-likeness (QED) is 0.305. The van der Waals surface area contributed by atoms with Crippen molar-refractivity contribution < 1.29 is 9.90 Å². The second kappa shape index (κ2) is 12.1. The Bertz CT molecular complexity index is 650. The van der Waals surface area contributed by atoms with E-state index in [9.17, 15) is 9.90 Å². The fourth-order valence-electron chi connectivity index (χ4n) is 2.93. The average molecular weight is 355 g/mol. The van der Waals surface area contributed by atoms with Crippen molar-refractivity contribution in [2.75, 3.05) is 0 Å². The first kappa shape index (κ1) is 23.6. The van der Waals surface area contributed by atoms with Crippen LogP contribution in [-0.2, 0) is 4.79 Å². The Labute approximate surface area is 159 Å². The van der Waals surface area contributed by atoms with Gasteiger partial charge in [0, 0.05) is 6.08 Å². The van der Waals surface area contributed by atoms with Gasteiger partial charge in [-0.15, -0.1) is 0 Å². The van der Waals surface area contributed by atoms with Gasteiger partial charge in [0.1, 0.15) is 5.76 Å². The summed E-state index contributed by atoms with van der Waals surface area (Å²) in [5.41, 5.74) is 3.47. The molecule has 1 N–H and O–H groups in total. The van der Waals surface area contributed by atoms with Crippen LogP contribution in [0.5, 0.6) is 0 Å². The lowest BCUT2D eigenvalue weighted by atomic mass is 9.72. The van der Waals surface area contributed by atoms with Gasteiger partial charge in [-0.1, -0.05) is 76.8 Å². The van der Waals surface area contributed by atoms with Crippen LogP contribution in [0.4, 0.5) is 0 Å². The van der Waals surface area contributed by atoms with Crippen molar-refractivity contribution in [3.8, 4) is 0 Å². The number of aliphatic hydroxyl groups is 1. The lowest BCUT2D eigenvalue weighted by Crippen LogP contribution is -2.19. The highest BCUT2D eigenvalue weighted by molar-refractivity contribution is 6.00. The van der Waals surface area contributed by atoms with Crippen LogP contribution in [0.25, 0.3) is 0 Å². The zero-order valence-electron chi connectivity index (χ0n) is 17.0. The minimum Gasteiger partial charge on any atom is -0.508 e. The molecule has 2 nitrogen and oxygen atoms in total. The molecule has 0 heterocycles. The predicted molar refractivity (Wildman–Crippen MR) is 114 cm³/mol. The molecule has 0 spiro atoms. The van der Waals surface area contributed by atoms with Crippen molar-refractivity contribution in [2.45, 2.75) is 53.9 Å². The minimum atomic E-state index is -0.230. The fraction of sp³-hybridized carbons (Fsp3) is 0.375. The SMILES string of the molecule is C=C/C=C(C=C)/C=C/C(O)=C/C(=O)/C=C/C1=C(C)CCCC1(C)C.CC. The summed E-state index contributed by atoms with van der Waals surface area (Å²) in [6, 6.07) is 0. The third kappa shape index (κ3) is 8.15. The lowest BCUT2D eigenvalue weighted by Gasteiger charge is -2.32. The van der Waals surface area contributed by atoms with E-state index in [0.29, 0.717) is 0 Å². The smallest absolute Gasteiger partial charge is 0.182 e. The molecule has 142 valence electrons. The number of carbonyl (C=O) groups excluding carboxylic acids is 1. The summed E-state index contributed by atoms with van der Waals surface area (Å²) >= 11 is 0. The molecule has 0 unspecified atom stereocenters. The van der Waals surface area contributed by atoms with Crippen LogP contribution in [0, 0.1) is 5.41 Å². The lowest BCUT2D eigenvalue weighted by molar-refractivity contribution is -0.110. The Kier molecular flexibility index (Phi) is 11.0. The van der Waals surface area contributed by atoms with Crippen molar-refractivity contribution in [3.63, 3.8) is 0 Å². The molecule has 0 aliphatic heterocycles. The van der Waals surface area contributed by atoms with Crippen LogP contribution in [0.1, 0.15) is 53.9 Å². The first-order valence-corrected chi connectivity index (χ1v) is 9.26. The molecular formula is C24H34O2. The molecule has 2 heteroatoms. The molecule has 0 fully saturated rings. The highest BCUT2D eigenvalue weighted by Crippen LogP contribution is 2.40. The van der Waals surface area contributed by atoms with E-state index in [1.165, 1.54) is 35.8 Å². The summed E-state index contributed by atoms with van der Waals surface area (Å²) < 4.78 is 0. The standard InChI is InChI=1S/C22H28O2.C2H6/c1-6-9-18(7-2)11-12-19(23)16-20(24)13-14-21-17(3)10-8-15-22(21,4)5;1-2/h6-7,9,11-14,16,23H,1-2,8,10,15H2,3-5H3;1-2H3/b12-11+,14-13+,18-9+,19-16-;. The molecule has 0 radical (unpaired) electrons. The van der Waals surface area contributed by atoms with E-state index in [-0.39, 0.29) is 17.0 Å². The Morgan fingerprint density at radius 3 is 2.35 bits per heavy atom. The maximum Gasteiger partial charge on any atom is 0.182 e. The second-order valence-electron chi connectivity index (χ2n) is 6.68. The molecule has 0 saturated heterocycles. The normalized spacial score (nSPS) is 17.9. The number of allylic oxidation sites excluding steroid dienone is 11. The zero-order chi connectivity index (χ0) is 20.2. The highest BCUT2D eigenvalue weighted by Gasteiger charge is 2.26. The van der Waals surface area contributed by atoms with Gasteiger partial charge in [-0.3, -0.25) is 4.79 Å². The molecule has 0 saturated carbocycles. The van der Waals surface area contributed by atoms with Crippen LogP contribution < -0.4 is 0 Å². The largest absolute Gasteiger partial charge is 0.508 e. The number of hydrogen-bond donors (Lipinski definition) is 1. The topological polar surface area (TPSA) is 37.3 Å². The average Bonchev–Trinajstić information content (AvgIpc) is 2.59. The van der Waals surface area contributed by atoms with E-state index in [2.05, 4.69) is 33.9 Å². The van der Waals surface area contributed by atoms with Gasteiger partial charge >= 0.3 is 0 Å². The van der Waals surface area contributed by atoms with Gasteiger partial charge in [0.25, 0.3) is 0 Å². The molecule has 0 amide bonds. The van der Waals surface area contributed by atoms with Gasteiger partial charge in [0.15, 0.2) is 5.78 Å². The molecule has 0 aromatic rings. The predicted octanol–water partition coefficient (Wildman–Crippen LogP) is 6.96. The molecule has 1 aliphatic carbocycles. The van der Waals surface area contributed by atoms with Gasteiger partial charge in [-0.05, 0) is 54.9 Å². The number of carbonyl (C=O) groups is 1. The maximum atomic E-state index is 12.0. The van der Waals surface area contributed by atoms with Crippen molar-refractivity contribution in [2.24, 2.45) is 5.41 Å². The molecule has 0 aromatic carbocycles. The first-order valence-electron chi connectivity index (χ1n) is 9.26. The van der Waals surface area contributed by atoms with Gasteiger partial charge in [0.2, 0.25) is 0 Å². The van der Waals surface area contributed by atoms with Crippen LogP contribution in [0.3, 0.4) is 0 Å². The summed E-state index contributed by atoms with van der Waals surface area (Å²) in [5.74, 6) is -0.318. The molecule has 26 heavy (non-hydrogen) atoms. The summed E-state index contributed by atoms with van der Waals surface area (Å²) in [6.07, 6.45) is 16.2. The van der Waals surface area contributed by atoms with Crippen molar-refractivity contribution in [1.82, 2.24) is 0 Å². The monoisotopic (exact) mass is 354 g/mol. The van der Waals surface area contributed by atoms with E-state index < -0.39 is 0 Å². The van der Waals surface area contributed by atoms with E-state index in [0.717, 1.165) is 18.4 Å². The molecule has 0 aromatic heterocycles. The molecular weight excluding hydrogens is 320 g/mol. The summed E-state index contributed by atoms with van der Waals surface area (Å²) in [5, 5.41) is 9.84. The zero-order valence-corrected chi connectivity index (χ0v) is 17.0. The van der Waals surface area contributed by atoms with Gasteiger partial charge in [-0.25, -0.2) is 0 Å². The van der Waals surface area contributed by atoms with Crippen molar-refractivity contribution in [1.29, 1.82) is 0 Å². The van der Waals surface area contributed by atoms with Crippen molar-refractivity contribution in [3.05, 3.63) is 84.2 Å². The summed E-state index contributed by atoms with van der Waals surface area (Å²) in [6.45, 7) is 17.8. The molecule has 1 aliphatic rings. The highest BCUT2D eigenvalue weighted by atomic mass is 16.3. The molecule has 0 atom stereocenters. The summed E-state index contributed by atoms with van der Waals surface area (Å²) in [4.78, 5) is 12.0. The third-order valence-corrected chi connectivity index (χ3v) is 4.24. The second-order valence-corrected chi connectivity index (χ2v) is 6.68. The number of hydrogen-bond acceptors (Lipinski definition) is 2. The fourth-order valence-corrected chi connectivity index (χ4v) is 2.93. The van der Waals surface area contributed by atoms with E-state index in [1.807, 2.05) is 19.9 Å². The Morgan fingerprint density at radius 1 is 1.15 bits per heavy atom. The number of aliphatic hydroxyl groups excluding tert-OH is 1. The van der Waals surface area contributed by atoms with E-state index in [1.54, 1.807) is 24.3 Å². The van der Waals surface area contributed by atoms with Crippen LogP contribution in [0.15, 0.2) is 84.2 Å². The van der Waals surface area contributed by atoms with E-state index >= 15 is 0 Å². The van der Waals surface area contributed by atoms with Crippen LogP contribution >= 0.6 is 0 Å². The Balaban J connectivity index is 0.00000301. The number of rotatable bonds is 7. The maximum absolute atomic E-state index is 12.0. The van der Waals surface area contributed by atoms with Gasteiger partial charge in [0.05, 0.1) is 0 Å². The Hall–Kier alpha value is -2.35. The van der Waals surface area contributed by atoms with Crippen LogP contribution in [0.2, 0.25) is 0 Å². The van der Waals surface area contributed by atoms with Gasteiger partial charge in [-0.2, -0.15) is 0 Å². The third-order valence-electron chi connectivity index (χ3n) is 4.24. The molecule has 0 bridgehead atoms. The first-order chi connectivity index (χ1) is 12.3. The van der Waals surface area contributed by atoms with Gasteiger partial charge < -0.3 is 5.11 Å². The van der Waals surface area contributed by atoms with Crippen LogP contribution in [-0.4, -0.2) is 10.9 Å². The van der Waals surface area contributed by atoms with E-state index in [4.69, 9.17) is 0 Å². The summed E-state index contributed by atoms with van der Waals surface area (Å²) in [7, 11) is 0. The van der Waals surface area contributed by atoms with Crippen molar-refractivity contribution >= 4 is 5.78 Å². The number of ketones is 1.